The SMILES string of the molecule is CC[C@H](C)[C@@H]1NC(=O)[C@H](Cc2ccc(O)cc2)NC(=O)CCC(=O)NC[C@@H](C(=O)N(C)CC(=O)N[C@@H](C(=O)NCC(N)=O)[C@H](C)O)NC(=O)[C@H](CC(N)=O)NC(=O)[C@H](CCC(N)=O)NC1=O. The Balaban J connectivity index is 2.59. The molecular weight excluding hydrogens is 873 g/mol. The molecule has 0 spiro atoms. The second-order valence-corrected chi connectivity index (χ2v) is 15.7. The molecule has 12 amide bonds. The number of aliphatic hydroxyl groups excluding tert-OH is 1. The van der Waals surface area contributed by atoms with Gasteiger partial charge in [-0.15, -0.1) is 0 Å². The molecule has 26 nitrogen and oxygen atoms in total. The first-order chi connectivity index (χ1) is 30.9. The summed E-state index contributed by atoms with van der Waals surface area (Å²) in [6.07, 6.45) is -4.20. The number of primary amides is 3. The van der Waals surface area contributed by atoms with Crippen molar-refractivity contribution in [3.63, 3.8) is 0 Å². The first-order valence-electron chi connectivity index (χ1n) is 20.8. The van der Waals surface area contributed by atoms with Gasteiger partial charge in [-0.1, -0.05) is 32.4 Å². The summed E-state index contributed by atoms with van der Waals surface area (Å²) in [5, 5.41) is 38.8. The number of nitrogens with one attached hydrogen (secondary N) is 8. The smallest absolute Gasteiger partial charge is 0.247 e. The molecule has 1 aliphatic heterocycles. The molecule has 1 saturated heterocycles. The Morgan fingerprint density at radius 2 is 1.36 bits per heavy atom. The Bertz CT molecular complexity index is 1980. The van der Waals surface area contributed by atoms with Crippen LogP contribution >= 0.6 is 0 Å². The fraction of sp³-hybridized carbons (Fsp3) is 0.550. The molecule has 0 radical (unpaired) electrons. The summed E-state index contributed by atoms with van der Waals surface area (Å²) in [5.74, 6) is -12.5. The lowest BCUT2D eigenvalue weighted by Crippen LogP contribution is -2.61. The number of phenolic OH excluding ortho intramolecular Hbond substituents is 1. The van der Waals surface area contributed by atoms with Crippen LogP contribution in [-0.4, -0.2) is 155 Å². The number of carbonyl (C=O) groups is 12. The van der Waals surface area contributed by atoms with E-state index in [4.69, 9.17) is 17.2 Å². The van der Waals surface area contributed by atoms with Crippen molar-refractivity contribution in [2.24, 2.45) is 23.1 Å². The fourth-order valence-electron chi connectivity index (χ4n) is 6.27. The van der Waals surface area contributed by atoms with Gasteiger partial charge in [0.05, 0.1) is 25.6 Å². The molecule has 364 valence electrons. The molecule has 1 aromatic rings. The molecule has 26 heteroatoms. The largest absolute Gasteiger partial charge is 0.508 e. The molecule has 0 aromatic heterocycles. The maximum absolute atomic E-state index is 13.9. The third-order valence-electron chi connectivity index (χ3n) is 10.1. The summed E-state index contributed by atoms with van der Waals surface area (Å²) in [5.41, 5.74) is 16.3. The van der Waals surface area contributed by atoms with E-state index >= 15 is 0 Å². The Labute approximate surface area is 379 Å². The van der Waals surface area contributed by atoms with Crippen molar-refractivity contribution in [3.8, 4) is 5.75 Å². The summed E-state index contributed by atoms with van der Waals surface area (Å²) >= 11 is 0. The van der Waals surface area contributed by atoms with E-state index in [2.05, 4.69) is 42.5 Å². The zero-order valence-corrected chi connectivity index (χ0v) is 37.0. The Hall–Kier alpha value is -7.38. The van der Waals surface area contributed by atoms with Crippen LogP contribution in [0.15, 0.2) is 24.3 Å². The topological polar surface area (TPSA) is 423 Å². The van der Waals surface area contributed by atoms with Crippen molar-refractivity contribution in [1.82, 2.24) is 47.4 Å². The predicted molar refractivity (Wildman–Crippen MR) is 229 cm³/mol. The number of nitrogens with zero attached hydrogens (tertiary/aromatic N) is 1. The Kier molecular flexibility index (Phi) is 21.9. The minimum atomic E-state index is -1.87. The lowest BCUT2D eigenvalue weighted by atomic mass is 9.96. The van der Waals surface area contributed by atoms with Crippen LogP contribution in [0, 0.1) is 5.92 Å². The van der Waals surface area contributed by atoms with E-state index in [-0.39, 0.29) is 12.2 Å². The molecule has 1 aliphatic rings. The van der Waals surface area contributed by atoms with Gasteiger partial charge in [0, 0.05) is 39.3 Å². The highest BCUT2D eigenvalue weighted by Crippen LogP contribution is 2.14. The van der Waals surface area contributed by atoms with Crippen molar-refractivity contribution in [1.29, 1.82) is 0 Å². The Morgan fingerprint density at radius 1 is 0.773 bits per heavy atom. The van der Waals surface area contributed by atoms with Gasteiger partial charge in [-0.25, -0.2) is 0 Å². The molecular formula is C40H60N12O14. The van der Waals surface area contributed by atoms with Gasteiger partial charge in [-0.05, 0) is 37.0 Å². The molecule has 0 aliphatic carbocycles. The van der Waals surface area contributed by atoms with E-state index < -0.39 is 171 Å². The van der Waals surface area contributed by atoms with E-state index in [0.717, 1.165) is 18.9 Å². The number of carbonyl (C=O) groups excluding carboxylic acids is 12. The van der Waals surface area contributed by atoms with Crippen LogP contribution in [0.1, 0.15) is 64.9 Å². The van der Waals surface area contributed by atoms with Crippen LogP contribution in [0.4, 0.5) is 0 Å². The van der Waals surface area contributed by atoms with Crippen molar-refractivity contribution in [2.45, 2.75) is 108 Å². The van der Waals surface area contributed by atoms with Crippen LogP contribution in [0.2, 0.25) is 0 Å². The Morgan fingerprint density at radius 3 is 1.94 bits per heavy atom. The second-order valence-electron chi connectivity index (χ2n) is 15.7. The number of amides is 12. The minimum absolute atomic E-state index is 0.0778. The van der Waals surface area contributed by atoms with E-state index in [0.29, 0.717) is 12.0 Å². The molecule has 16 N–H and O–H groups in total. The monoisotopic (exact) mass is 932 g/mol. The van der Waals surface area contributed by atoms with Crippen LogP contribution in [0.5, 0.6) is 5.75 Å². The fourth-order valence-corrected chi connectivity index (χ4v) is 6.27. The van der Waals surface area contributed by atoms with Crippen LogP contribution in [-0.2, 0) is 64.0 Å². The normalized spacial score (nSPS) is 21.6. The van der Waals surface area contributed by atoms with Crippen LogP contribution < -0.4 is 59.7 Å². The highest BCUT2D eigenvalue weighted by atomic mass is 16.3. The first kappa shape index (κ1) is 54.8. The maximum atomic E-state index is 13.9. The van der Waals surface area contributed by atoms with Crippen molar-refractivity contribution >= 4 is 70.9 Å². The number of phenols is 1. The number of nitrogens with two attached hydrogens (primary N) is 3. The van der Waals surface area contributed by atoms with E-state index in [1.807, 2.05) is 0 Å². The number of hydrogen-bond donors (Lipinski definition) is 13. The molecule has 1 heterocycles. The third kappa shape index (κ3) is 18.8. The predicted octanol–water partition coefficient (Wildman–Crippen LogP) is -6.62. The van der Waals surface area contributed by atoms with Gasteiger partial charge < -0.3 is 74.8 Å². The van der Waals surface area contributed by atoms with Crippen molar-refractivity contribution < 1.29 is 67.7 Å². The molecule has 66 heavy (non-hydrogen) atoms. The highest BCUT2D eigenvalue weighted by molar-refractivity contribution is 5.99. The van der Waals surface area contributed by atoms with Gasteiger partial charge in [0.15, 0.2) is 0 Å². The van der Waals surface area contributed by atoms with Gasteiger partial charge in [-0.2, -0.15) is 0 Å². The third-order valence-corrected chi connectivity index (χ3v) is 10.1. The molecule has 1 aromatic carbocycles. The lowest BCUT2D eigenvalue weighted by molar-refractivity contribution is -0.140. The minimum Gasteiger partial charge on any atom is -0.508 e. The summed E-state index contributed by atoms with van der Waals surface area (Å²) in [7, 11) is 1.09. The maximum Gasteiger partial charge on any atom is 0.247 e. The quantitative estimate of drug-likeness (QED) is 0.0691. The molecule has 1 fully saturated rings. The molecule has 0 bridgehead atoms. The second kappa shape index (κ2) is 26.4. The molecule has 0 unspecified atom stereocenters. The average Bonchev–Trinajstić information content (AvgIpc) is 3.24. The zero-order chi connectivity index (χ0) is 49.8. The van der Waals surface area contributed by atoms with E-state index in [1.54, 1.807) is 13.8 Å². The standard InChI is InChI=1S/C40H60N12O14/c1-5-19(2)33-39(65)47-23(10-11-27(41)55)35(61)48-25(15-28(42)56)36(62)49-26(40(66)52(4)18-32(60)50-34(20(3)53)38(64)45-17-29(43)57)16-44-30(58)12-13-31(59)46-24(37(63)51-33)14-21-6-8-22(54)9-7-21/h6-9,19-20,23-26,33-34,53-54H,5,10-18H2,1-4H3,(H2,41,55)(H2,42,56)(H2,43,57)(H,44,58)(H,45,64)(H,46,59)(H,47,65)(H,48,61)(H,49,62)(H,50,60)(H,51,63)/t19-,20-,23-,24-,25-,26-,33-,34+/m0/s1. The van der Waals surface area contributed by atoms with Gasteiger partial charge in [-0.3, -0.25) is 57.5 Å². The van der Waals surface area contributed by atoms with Gasteiger partial charge >= 0.3 is 0 Å². The summed E-state index contributed by atoms with van der Waals surface area (Å²) in [4.78, 5) is 157. The lowest BCUT2D eigenvalue weighted by Gasteiger charge is -2.29. The van der Waals surface area contributed by atoms with Gasteiger partial charge in [0.25, 0.3) is 0 Å². The van der Waals surface area contributed by atoms with Crippen LogP contribution in [0.25, 0.3) is 0 Å². The van der Waals surface area contributed by atoms with E-state index in [9.17, 15) is 67.7 Å². The molecule has 0 saturated carbocycles. The summed E-state index contributed by atoms with van der Waals surface area (Å²) in [6, 6.07) is -3.94. The number of rotatable bonds is 17. The highest BCUT2D eigenvalue weighted by Gasteiger charge is 2.36. The zero-order valence-electron chi connectivity index (χ0n) is 37.0. The number of hydrogen-bond acceptors (Lipinski definition) is 14. The summed E-state index contributed by atoms with van der Waals surface area (Å²) in [6.45, 7) is 2.31. The number of aliphatic hydroxyl groups is 1. The number of likely N-dealkylation sites (N-methyl/N-ethyl adjacent to an activating group) is 1. The molecule has 8 atom stereocenters. The van der Waals surface area contributed by atoms with Crippen molar-refractivity contribution in [2.75, 3.05) is 26.7 Å². The van der Waals surface area contributed by atoms with Gasteiger partial charge in [0.2, 0.25) is 70.9 Å². The molecule has 2 rings (SSSR count). The average molecular weight is 933 g/mol. The van der Waals surface area contributed by atoms with Crippen molar-refractivity contribution in [3.05, 3.63) is 29.8 Å². The van der Waals surface area contributed by atoms with Crippen LogP contribution in [0.3, 0.4) is 0 Å². The van der Waals surface area contributed by atoms with Gasteiger partial charge in [0.1, 0.15) is 42.0 Å². The number of aromatic hydroxyl groups is 1. The summed E-state index contributed by atoms with van der Waals surface area (Å²) < 4.78 is 0. The number of benzene rings is 1. The first-order valence-corrected chi connectivity index (χ1v) is 20.8. The van der Waals surface area contributed by atoms with E-state index in [1.165, 1.54) is 24.3 Å².